The molecule has 0 saturated carbocycles. The molecule has 0 aliphatic rings. The molecule has 0 spiro atoms. The first-order valence-corrected chi connectivity index (χ1v) is 5.35. The number of hydrogen-bond donors (Lipinski definition) is 1. The topological polar surface area (TPSA) is 122 Å². The number of nitrogens with one attached hydrogen (secondary N) is 1. The van der Waals surface area contributed by atoms with Gasteiger partial charge in [0.1, 0.15) is 0 Å². The molecule has 1 amide bonds. The van der Waals surface area contributed by atoms with Crippen molar-refractivity contribution in [1.29, 1.82) is 0 Å². The van der Waals surface area contributed by atoms with Crippen molar-refractivity contribution in [3.8, 4) is 0 Å². The van der Waals surface area contributed by atoms with Gasteiger partial charge in [-0.25, -0.2) is 9.59 Å². The fourth-order valence-corrected chi connectivity index (χ4v) is 0.900. The summed E-state index contributed by atoms with van der Waals surface area (Å²) in [5.74, 6) is -3.36. The zero-order chi connectivity index (χ0) is 14.7. The molecule has 0 fully saturated rings. The number of esters is 2. The van der Waals surface area contributed by atoms with Gasteiger partial charge in [-0.05, 0) is 12.8 Å². The summed E-state index contributed by atoms with van der Waals surface area (Å²) in [6.45, 7) is -0.377. The molecule has 0 aromatic rings. The van der Waals surface area contributed by atoms with Gasteiger partial charge in [-0.15, -0.1) is 0 Å². The smallest absolute Gasteiger partial charge is 0.550 e. The molecule has 0 unspecified atom stereocenters. The minimum Gasteiger partial charge on any atom is -0.550 e. The van der Waals surface area contributed by atoms with E-state index in [-0.39, 0.29) is 48.9 Å². The van der Waals surface area contributed by atoms with Crippen LogP contribution in [0.15, 0.2) is 12.2 Å². The van der Waals surface area contributed by atoms with E-state index in [0.29, 0.717) is 0 Å². The third-order valence-electron chi connectivity index (χ3n) is 1.78. The van der Waals surface area contributed by atoms with Crippen LogP contribution in [-0.4, -0.2) is 44.1 Å². The van der Waals surface area contributed by atoms with Gasteiger partial charge in [-0.3, -0.25) is 4.79 Å². The Morgan fingerprint density at radius 3 is 2.30 bits per heavy atom. The van der Waals surface area contributed by atoms with E-state index in [9.17, 15) is 24.3 Å². The van der Waals surface area contributed by atoms with Crippen LogP contribution < -0.4 is 40.0 Å². The van der Waals surface area contributed by atoms with Crippen LogP contribution in [0.1, 0.15) is 12.8 Å². The summed E-state index contributed by atoms with van der Waals surface area (Å²) in [5, 5.41) is 12.4. The Balaban J connectivity index is 0. The predicted molar refractivity (Wildman–Crippen MR) is 59.4 cm³/mol. The first-order chi connectivity index (χ1) is 8.95. The molecular weight excluding hydrogens is 281 g/mol. The minimum atomic E-state index is -1.20. The van der Waals surface area contributed by atoms with Crippen molar-refractivity contribution in [2.24, 2.45) is 0 Å². The summed E-state index contributed by atoms with van der Waals surface area (Å²) in [6, 6.07) is 0. The summed E-state index contributed by atoms with van der Waals surface area (Å²) in [7, 11) is 1.15. The van der Waals surface area contributed by atoms with Gasteiger partial charge >= 0.3 is 41.5 Å². The molecule has 0 rings (SSSR count). The van der Waals surface area contributed by atoms with Crippen molar-refractivity contribution in [3.05, 3.63) is 12.2 Å². The Hall–Kier alpha value is -1.38. The van der Waals surface area contributed by atoms with E-state index < -0.39 is 30.4 Å². The Labute approximate surface area is 137 Å². The van der Waals surface area contributed by atoms with Gasteiger partial charge in [0, 0.05) is 24.7 Å². The van der Waals surface area contributed by atoms with Gasteiger partial charge in [-0.2, -0.15) is 0 Å². The molecule has 106 valence electrons. The van der Waals surface area contributed by atoms with Crippen molar-refractivity contribution >= 4 is 23.8 Å². The first-order valence-electron chi connectivity index (χ1n) is 5.35. The maximum Gasteiger partial charge on any atom is 1.00 e. The van der Waals surface area contributed by atoms with Crippen molar-refractivity contribution in [1.82, 2.24) is 5.32 Å². The maximum atomic E-state index is 11.1. The van der Waals surface area contributed by atoms with E-state index in [2.05, 4.69) is 14.8 Å². The van der Waals surface area contributed by atoms with Crippen LogP contribution in [0, 0.1) is 0 Å². The number of carbonyl (C=O) groups excluding carboxylic acids is 4. The molecule has 1 N–H and O–H groups in total. The van der Waals surface area contributed by atoms with Crippen LogP contribution in [-0.2, 0) is 28.7 Å². The van der Waals surface area contributed by atoms with Gasteiger partial charge < -0.3 is 24.7 Å². The zero-order valence-electron chi connectivity index (χ0n) is 11.3. The quantitative estimate of drug-likeness (QED) is 0.206. The average molecular weight is 295 g/mol. The van der Waals surface area contributed by atoms with E-state index in [1.54, 1.807) is 0 Å². The van der Waals surface area contributed by atoms with Crippen molar-refractivity contribution in [2.75, 3.05) is 20.3 Å². The molecule has 0 aromatic carbocycles. The standard InChI is InChI=1S/C11H15NO7.Na/c1-18-10(16)4-5-11(17)19-7-8(13)12-6-2-3-9(14)15;/h4-5H,2-3,6-7H2,1H3,(H,12,13)(H,14,15);/q;+1/p-1/b5-4+;. The van der Waals surface area contributed by atoms with Crippen LogP contribution in [0.4, 0.5) is 0 Å². The van der Waals surface area contributed by atoms with Gasteiger partial charge in [0.15, 0.2) is 6.61 Å². The Bertz CT molecular complexity index is 381. The van der Waals surface area contributed by atoms with Crippen molar-refractivity contribution < 1.29 is 63.3 Å². The molecule has 0 radical (unpaired) electrons. The fraction of sp³-hybridized carbons (Fsp3) is 0.455. The van der Waals surface area contributed by atoms with Crippen LogP contribution in [0.5, 0.6) is 0 Å². The Kier molecular flexibility index (Phi) is 13.2. The molecule has 0 heterocycles. The zero-order valence-corrected chi connectivity index (χ0v) is 13.3. The molecule has 0 aromatic heterocycles. The molecule has 0 saturated heterocycles. The number of aliphatic carboxylic acids is 1. The summed E-state index contributed by atoms with van der Waals surface area (Å²) in [5.41, 5.74) is 0. The number of methoxy groups -OCH3 is 1. The van der Waals surface area contributed by atoms with E-state index >= 15 is 0 Å². The van der Waals surface area contributed by atoms with Crippen LogP contribution in [0.2, 0.25) is 0 Å². The molecule has 0 aliphatic carbocycles. The minimum absolute atomic E-state index is 0. The van der Waals surface area contributed by atoms with Crippen LogP contribution in [0.3, 0.4) is 0 Å². The average Bonchev–Trinajstić information content (AvgIpc) is 2.38. The maximum absolute atomic E-state index is 11.1. The monoisotopic (exact) mass is 295 g/mol. The number of amides is 1. The fourth-order valence-electron chi connectivity index (χ4n) is 0.900. The van der Waals surface area contributed by atoms with E-state index in [4.69, 9.17) is 0 Å². The predicted octanol–water partition coefficient (Wildman–Crippen LogP) is -5.09. The van der Waals surface area contributed by atoms with Gasteiger partial charge in [-0.1, -0.05) is 0 Å². The van der Waals surface area contributed by atoms with Crippen molar-refractivity contribution in [3.63, 3.8) is 0 Å². The molecule has 20 heavy (non-hydrogen) atoms. The first kappa shape index (κ1) is 20.9. The number of carboxylic acids is 1. The van der Waals surface area contributed by atoms with E-state index in [0.717, 1.165) is 19.3 Å². The molecular formula is C11H14NNaO7. The molecule has 9 heteroatoms. The van der Waals surface area contributed by atoms with Gasteiger partial charge in [0.2, 0.25) is 0 Å². The Morgan fingerprint density at radius 2 is 1.75 bits per heavy atom. The largest absolute Gasteiger partial charge is 1.00 e. The SMILES string of the molecule is COC(=O)/C=C/C(=O)OCC(=O)NCCCC(=O)[O-].[Na+]. The summed E-state index contributed by atoms with van der Waals surface area (Å²) in [6.07, 6.45) is 1.75. The number of hydrogen-bond acceptors (Lipinski definition) is 7. The number of carboxylic acid groups (broad SMARTS) is 1. The van der Waals surface area contributed by atoms with Crippen LogP contribution >= 0.6 is 0 Å². The summed E-state index contributed by atoms with van der Waals surface area (Å²) < 4.78 is 8.75. The molecule has 0 atom stereocenters. The van der Waals surface area contributed by atoms with Gasteiger partial charge in [0.05, 0.1) is 7.11 Å². The Morgan fingerprint density at radius 1 is 1.15 bits per heavy atom. The second-order valence-corrected chi connectivity index (χ2v) is 3.29. The molecule has 0 bridgehead atoms. The van der Waals surface area contributed by atoms with E-state index in [1.165, 1.54) is 0 Å². The second kappa shape index (κ2) is 12.6. The molecule has 8 nitrogen and oxygen atoms in total. The van der Waals surface area contributed by atoms with Crippen LogP contribution in [0.25, 0.3) is 0 Å². The van der Waals surface area contributed by atoms with Crippen molar-refractivity contribution in [2.45, 2.75) is 12.8 Å². The van der Waals surface area contributed by atoms with E-state index in [1.807, 2.05) is 0 Å². The third-order valence-corrected chi connectivity index (χ3v) is 1.78. The second-order valence-electron chi connectivity index (χ2n) is 3.29. The third kappa shape index (κ3) is 13.1. The summed E-state index contributed by atoms with van der Waals surface area (Å²) >= 11 is 0. The normalized spacial score (nSPS) is 9.45. The number of rotatable bonds is 8. The summed E-state index contributed by atoms with van der Waals surface area (Å²) in [4.78, 5) is 42.8. The van der Waals surface area contributed by atoms with Gasteiger partial charge in [0.25, 0.3) is 5.91 Å². The number of carbonyl (C=O) groups is 4. The molecule has 0 aliphatic heterocycles. The number of ether oxygens (including phenoxy) is 2.